The molecule has 1 fully saturated rings. The second-order valence-corrected chi connectivity index (χ2v) is 9.41. The van der Waals surface area contributed by atoms with Crippen molar-refractivity contribution in [3.05, 3.63) is 132 Å². The van der Waals surface area contributed by atoms with E-state index in [4.69, 9.17) is 0 Å². The minimum absolute atomic E-state index is 0.0794. The van der Waals surface area contributed by atoms with E-state index in [-0.39, 0.29) is 17.2 Å². The van der Waals surface area contributed by atoms with E-state index < -0.39 is 0 Å². The molecule has 4 heteroatoms. The highest BCUT2D eigenvalue weighted by Crippen LogP contribution is 2.45. The van der Waals surface area contributed by atoms with Gasteiger partial charge < -0.3 is 10.6 Å². The molecule has 0 bridgehead atoms. The fraction of sp³-hybridized carbons (Fsp3) is 0.212. The maximum Gasteiger partial charge on any atom is 0.255 e. The third-order valence-electron chi connectivity index (χ3n) is 7.12. The van der Waals surface area contributed by atoms with Gasteiger partial charge in [0.25, 0.3) is 11.8 Å². The third kappa shape index (κ3) is 6.15. The summed E-state index contributed by atoms with van der Waals surface area (Å²) in [6, 6.07) is 25.8. The van der Waals surface area contributed by atoms with Crippen LogP contribution < -0.4 is 10.6 Å². The smallest absolute Gasteiger partial charge is 0.255 e. The Morgan fingerprint density at radius 1 is 0.784 bits per heavy atom. The summed E-state index contributed by atoms with van der Waals surface area (Å²) in [5.74, 6) is -0.256. The number of benzene rings is 3. The lowest BCUT2D eigenvalue weighted by Gasteiger charge is -2.39. The monoisotopic (exact) mass is 490 g/mol. The molecule has 0 radical (unpaired) electrons. The number of carbonyl (C=O) groups is 2. The van der Waals surface area contributed by atoms with Gasteiger partial charge in [-0.3, -0.25) is 9.59 Å². The van der Waals surface area contributed by atoms with Gasteiger partial charge in [0.1, 0.15) is 0 Å². The predicted octanol–water partition coefficient (Wildman–Crippen LogP) is 7.82. The zero-order chi connectivity index (χ0) is 26.1. The van der Waals surface area contributed by atoms with E-state index in [1.165, 1.54) is 30.4 Å². The van der Waals surface area contributed by atoms with Crippen LogP contribution in [0.5, 0.6) is 0 Å². The zero-order valence-electron chi connectivity index (χ0n) is 21.4. The Bertz CT molecular complexity index is 1280. The summed E-state index contributed by atoms with van der Waals surface area (Å²) in [6.07, 6.45) is 12.7. The van der Waals surface area contributed by atoms with Gasteiger partial charge in [-0.25, -0.2) is 0 Å². The Kier molecular flexibility index (Phi) is 8.52. The molecule has 3 aromatic carbocycles. The molecule has 0 aliphatic heterocycles. The van der Waals surface area contributed by atoms with E-state index in [1.807, 2.05) is 61.5 Å². The Morgan fingerprint density at radius 3 is 1.89 bits per heavy atom. The Morgan fingerprint density at radius 2 is 1.35 bits per heavy atom. The van der Waals surface area contributed by atoms with Gasteiger partial charge in [0, 0.05) is 27.9 Å². The summed E-state index contributed by atoms with van der Waals surface area (Å²) in [5, 5.41) is 5.99. The number of hydrogen-bond donors (Lipinski definition) is 2. The van der Waals surface area contributed by atoms with Crippen LogP contribution in [0, 0.1) is 0 Å². The molecule has 0 spiro atoms. The zero-order valence-corrected chi connectivity index (χ0v) is 21.4. The first kappa shape index (κ1) is 25.9. The van der Waals surface area contributed by atoms with Gasteiger partial charge in [-0.15, -0.1) is 0 Å². The molecule has 0 aromatic heterocycles. The molecule has 1 aliphatic carbocycles. The molecular weight excluding hydrogens is 456 g/mol. The second kappa shape index (κ2) is 12.2. The number of allylic oxidation sites excluding steroid dienone is 3. The highest BCUT2D eigenvalue weighted by atomic mass is 16.2. The summed E-state index contributed by atoms with van der Waals surface area (Å²) >= 11 is 0. The Balaban J connectivity index is 1.53. The molecule has 2 N–H and O–H groups in total. The number of nitrogens with one attached hydrogen (secondary N) is 2. The minimum atomic E-state index is -0.145. The van der Waals surface area contributed by atoms with E-state index in [2.05, 4.69) is 41.5 Å². The summed E-state index contributed by atoms with van der Waals surface area (Å²) in [7, 11) is 0. The fourth-order valence-corrected chi connectivity index (χ4v) is 5.12. The summed E-state index contributed by atoms with van der Waals surface area (Å²) in [4.78, 5) is 25.2. The summed E-state index contributed by atoms with van der Waals surface area (Å²) in [6.45, 7) is 5.51. The third-order valence-corrected chi connectivity index (χ3v) is 7.12. The molecule has 0 saturated heterocycles. The van der Waals surface area contributed by atoms with Crippen LogP contribution in [0.15, 0.2) is 115 Å². The molecule has 1 saturated carbocycles. The standard InChI is InChI=1S/C33H34N2O2/c1-3-5-12-25(4-2)31(36)34-29-19-15-27(16-20-29)33(23-10-7-11-24-33)28-17-21-30(22-18-28)35-32(37)26-13-8-6-9-14-26/h3-6,8-9,12-22H,1,7,10-11,23-24H2,2H3,(H,34,36)(H,35,37)/b12-5-,25-4+. The van der Waals surface area contributed by atoms with Crippen LogP contribution in [0.4, 0.5) is 11.4 Å². The fourth-order valence-electron chi connectivity index (χ4n) is 5.12. The Labute approximate surface area is 219 Å². The van der Waals surface area contributed by atoms with Crippen molar-refractivity contribution < 1.29 is 9.59 Å². The van der Waals surface area contributed by atoms with Crippen LogP contribution in [-0.2, 0) is 10.2 Å². The first-order valence-electron chi connectivity index (χ1n) is 12.9. The number of anilines is 2. The molecule has 2 amide bonds. The first-order chi connectivity index (χ1) is 18.1. The van der Waals surface area contributed by atoms with E-state index >= 15 is 0 Å². The molecule has 0 heterocycles. The van der Waals surface area contributed by atoms with Crippen molar-refractivity contribution in [2.45, 2.75) is 44.4 Å². The number of amides is 2. The lowest BCUT2D eigenvalue weighted by atomic mass is 9.65. The van der Waals surface area contributed by atoms with Gasteiger partial charge in [0.15, 0.2) is 0 Å². The van der Waals surface area contributed by atoms with E-state index in [0.717, 1.165) is 24.2 Å². The van der Waals surface area contributed by atoms with Crippen molar-refractivity contribution in [1.82, 2.24) is 0 Å². The SMILES string of the molecule is C=C/C=C\C(=C/C)C(=O)Nc1ccc(C2(c3ccc(NC(=O)c4ccccc4)cc3)CCCCC2)cc1. The average molecular weight is 491 g/mol. The quantitative estimate of drug-likeness (QED) is 0.250. The van der Waals surface area contributed by atoms with Gasteiger partial charge in [-0.05, 0) is 73.4 Å². The minimum Gasteiger partial charge on any atom is -0.322 e. The van der Waals surface area contributed by atoms with Crippen LogP contribution in [0.1, 0.15) is 60.5 Å². The van der Waals surface area contributed by atoms with Gasteiger partial charge in [0.2, 0.25) is 0 Å². The van der Waals surface area contributed by atoms with Crippen molar-refractivity contribution in [3.8, 4) is 0 Å². The largest absolute Gasteiger partial charge is 0.322 e. The molecule has 1 aliphatic rings. The maximum atomic E-state index is 12.6. The molecule has 0 atom stereocenters. The summed E-state index contributed by atoms with van der Waals surface area (Å²) < 4.78 is 0. The highest BCUT2D eigenvalue weighted by Gasteiger charge is 2.35. The number of hydrogen-bond acceptors (Lipinski definition) is 2. The van der Waals surface area contributed by atoms with Crippen LogP contribution in [-0.4, -0.2) is 11.8 Å². The van der Waals surface area contributed by atoms with E-state index in [0.29, 0.717) is 11.1 Å². The average Bonchev–Trinajstić information content (AvgIpc) is 2.95. The van der Waals surface area contributed by atoms with Gasteiger partial charge in [-0.2, -0.15) is 0 Å². The topological polar surface area (TPSA) is 58.2 Å². The van der Waals surface area contributed by atoms with Crippen molar-refractivity contribution >= 4 is 23.2 Å². The number of carbonyl (C=O) groups excluding carboxylic acids is 2. The van der Waals surface area contributed by atoms with E-state index in [9.17, 15) is 9.59 Å². The van der Waals surface area contributed by atoms with Crippen molar-refractivity contribution in [2.24, 2.45) is 0 Å². The van der Waals surface area contributed by atoms with Crippen molar-refractivity contribution in [3.63, 3.8) is 0 Å². The molecule has 37 heavy (non-hydrogen) atoms. The molecule has 188 valence electrons. The van der Waals surface area contributed by atoms with E-state index in [1.54, 1.807) is 24.3 Å². The molecule has 3 aromatic rings. The van der Waals surface area contributed by atoms with Gasteiger partial charge in [-0.1, -0.05) is 86.5 Å². The van der Waals surface area contributed by atoms with Crippen molar-refractivity contribution in [2.75, 3.05) is 10.6 Å². The molecular formula is C33H34N2O2. The molecule has 0 unspecified atom stereocenters. The van der Waals surface area contributed by atoms with Crippen LogP contribution in [0.2, 0.25) is 0 Å². The first-order valence-corrected chi connectivity index (χ1v) is 12.9. The highest BCUT2D eigenvalue weighted by molar-refractivity contribution is 6.05. The summed E-state index contributed by atoms with van der Waals surface area (Å²) in [5.41, 5.74) is 5.21. The van der Waals surface area contributed by atoms with Gasteiger partial charge in [0.05, 0.1) is 0 Å². The lowest BCUT2D eigenvalue weighted by molar-refractivity contribution is -0.112. The van der Waals surface area contributed by atoms with Gasteiger partial charge >= 0.3 is 0 Å². The molecule has 4 rings (SSSR count). The second-order valence-electron chi connectivity index (χ2n) is 9.41. The predicted molar refractivity (Wildman–Crippen MR) is 153 cm³/mol. The Hall–Kier alpha value is -4.18. The van der Waals surface area contributed by atoms with Crippen LogP contribution in [0.25, 0.3) is 0 Å². The van der Waals surface area contributed by atoms with Crippen LogP contribution in [0.3, 0.4) is 0 Å². The normalized spacial score (nSPS) is 15.2. The molecule has 4 nitrogen and oxygen atoms in total. The van der Waals surface area contributed by atoms with Crippen LogP contribution >= 0.6 is 0 Å². The maximum absolute atomic E-state index is 12.6. The lowest BCUT2D eigenvalue weighted by Crippen LogP contribution is -2.30. The number of rotatable bonds is 8. The van der Waals surface area contributed by atoms with Crippen molar-refractivity contribution in [1.29, 1.82) is 0 Å².